The first-order chi connectivity index (χ1) is 8.88. The van der Waals surface area contributed by atoms with Crippen LogP contribution in [0, 0.1) is 6.92 Å². The minimum atomic E-state index is -0.246. The summed E-state index contributed by atoms with van der Waals surface area (Å²) < 4.78 is 5.40. The highest BCUT2D eigenvalue weighted by molar-refractivity contribution is 5.97. The second-order valence-corrected chi connectivity index (χ2v) is 5.66. The van der Waals surface area contributed by atoms with E-state index in [1.807, 2.05) is 58.0 Å². The van der Waals surface area contributed by atoms with Crippen LogP contribution in [0.15, 0.2) is 41.0 Å². The lowest BCUT2D eigenvalue weighted by atomic mass is 9.99. The van der Waals surface area contributed by atoms with Gasteiger partial charge in [0.05, 0.1) is 6.26 Å². The highest BCUT2D eigenvalue weighted by Crippen LogP contribution is 2.26. The minimum Gasteiger partial charge on any atom is -0.464 e. The summed E-state index contributed by atoms with van der Waals surface area (Å²) in [5.41, 5.74) is 2.32. The summed E-state index contributed by atoms with van der Waals surface area (Å²) in [6.07, 6.45) is 1.64. The van der Waals surface area contributed by atoms with Crippen LogP contribution in [0.4, 0.5) is 0 Å². The highest BCUT2D eigenvalue weighted by atomic mass is 16.3. The van der Waals surface area contributed by atoms with Gasteiger partial charge in [0.15, 0.2) is 0 Å². The van der Waals surface area contributed by atoms with E-state index in [0.717, 1.165) is 16.9 Å². The Labute approximate surface area is 113 Å². The smallest absolute Gasteiger partial charge is 0.251 e. The molecule has 1 heterocycles. The van der Waals surface area contributed by atoms with Crippen molar-refractivity contribution in [2.45, 2.75) is 33.2 Å². The van der Waals surface area contributed by atoms with Crippen molar-refractivity contribution in [3.63, 3.8) is 0 Å². The quantitative estimate of drug-likeness (QED) is 0.889. The fraction of sp³-hybridized carbons (Fsp3) is 0.312. The molecule has 100 valence electrons. The van der Waals surface area contributed by atoms with Crippen LogP contribution in [-0.2, 0) is 0 Å². The maximum Gasteiger partial charge on any atom is 0.251 e. The maximum atomic E-state index is 12.3. The summed E-state index contributed by atoms with van der Waals surface area (Å²) >= 11 is 0. The Morgan fingerprint density at radius 1 is 1.16 bits per heavy atom. The number of hydrogen-bond acceptors (Lipinski definition) is 2. The van der Waals surface area contributed by atoms with E-state index >= 15 is 0 Å². The summed E-state index contributed by atoms with van der Waals surface area (Å²) in [5, 5.41) is 2.98. The monoisotopic (exact) mass is 257 g/mol. The third kappa shape index (κ3) is 3.05. The van der Waals surface area contributed by atoms with Crippen molar-refractivity contribution in [1.29, 1.82) is 0 Å². The molecule has 0 aliphatic heterocycles. The molecule has 0 atom stereocenters. The molecule has 2 aromatic rings. The standard InChI is InChI=1S/C16H19NO2/c1-11-12(14-9-6-10-19-14)7-5-8-13(11)15(18)17-16(2,3)4/h5-10H,1-4H3,(H,17,18). The van der Waals surface area contributed by atoms with Crippen molar-refractivity contribution in [3.05, 3.63) is 47.7 Å². The molecular weight excluding hydrogens is 238 g/mol. The van der Waals surface area contributed by atoms with E-state index in [1.165, 1.54) is 0 Å². The fourth-order valence-electron chi connectivity index (χ4n) is 1.99. The highest BCUT2D eigenvalue weighted by Gasteiger charge is 2.18. The normalized spacial score (nSPS) is 11.4. The fourth-order valence-corrected chi connectivity index (χ4v) is 1.99. The summed E-state index contributed by atoms with van der Waals surface area (Å²) in [7, 11) is 0. The van der Waals surface area contributed by atoms with Crippen molar-refractivity contribution in [3.8, 4) is 11.3 Å². The average Bonchev–Trinajstić information content (AvgIpc) is 2.80. The predicted molar refractivity (Wildman–Crippen MR) is 76.1 cm³/mol. The molecule has 0 saturated heterocycles. The number of amides is 1. The van der Waals surface area contributed by atoms with Gasteiger partial charge >= 0.3 is 0 Å². The first-order valence-corrected chi connectivity index (χ1v) is 6.34. The number of rotatable bonds is 2. The maximum absolute atomic E-state index is 12.3. The largest absolute Gasteiger partial charge is 0.464 e. The Morgan fingerprint density at radius 3 is 2.47 bits per heavy atom. The molecule has 2 rings (SSSR count). The summed E-state index contributed by atoms with van der Waals surface area (Å²) in [6, 6.07) is 9.41. The van der Waals surface area contributed by atoms with Crippen molar-refractivity contribution in [2.75, 3.05) is 0 Å². The second-order valence-electron chi connectivity index (χ2n) is 5.66. The SMILES string of the molecule is Cc1c(C(=O)NC(C)(C)C)cccc1-c1ccco1. The Bertz CT molecular complexity index is 577. The van der Waals surface area contributed by atoms with Gasteiger partial charge in [0.1, 0.15) is 5.76 Å². The van der Waals surface area contributed by atoms with E-state index < -0.39 is 0 Å². The molecule has 0 saturated carbocycles. The Kier molecular flexibility index (Phi) is 3.47. The molecule has 0 radical (unpaired) electrons. The second kappa shape index (κ2) is 4.92. The molecular formula is C16H19NO2. The lowest BCUT2D eigenvalue weighted by Gasteiger charge is -2.21. The van der Waals surface area contributed by atoms with E-state index in [9.17, 15) is 4.79 Å². The number of nitrogens with one attached hydrogen (secondary N) is 1. The number of carbonyl (C=O) groups is 1. The Balaban J connectivity index is 2.38. The van der Waals surface area contributed by atoms with Gasteiger partial charge in [0.2, 0.25) is 0 Å². The molecule has 0 spiro atoms. The topological polar surface area (TPSA) is 42.2 Å². The zero-order valence-corrected chi connectivity index (χ0v) is 11.8. The van der Waals surface area contributed by atoms with E-state index in [1.54, 1.807) is 6.26 Å². The van der Waals surface area contributed by atoms with Crippen molar-refractivity contribution in [1.82, 2.24) is 5.32 Å². The van der Waals surface area contributed by atoms with E-state index in [0.29, 0.717) is 5.56 Å². The predicted octanol–water partition coefficient (Wildman–Crippen LogP) is 3.78. The van der Waals surface area contributed by atoms with Gasteiger partial charge in [-0.1, -0.05) is 12.1 Å². The third-order valence-corrected chi connectivity index (χ3v) is 2.85. The van der Waals surface area contributed by atoms with Crippen LogP contribution in [0.25, 0.3) is 11.3 Å². The minimum absolute atomic E-state index is 0.0570. The number of hydrogen-bond donors (Lipinski definition) is 1. The molecule has 1 aromatic heterocycles. The van der Waals surface area contributed by atoms with Gasteiger partial charge in [-0.15, -0.1) is 0 Å². The molecule has 0 aliphatic carbocycles. The first kappa shape index (κ1) is 13.4. The first-order valence-electron chi connectivity index (χ1n) is 6.34. The molecule has 0 fully saturated rings. The zero-order chi connectivity index (χ0) is 14.0. The molecule has 0 bridgehead atoms. The van der Waals surface area contributed by atoms with Crippen molar-refractivity contribution >= 4 is 5.91 Å². The van der Waals surface area contributed by atoms with Gasteiger partial charge in [-0.3, -0.25) is 4.79 Å². The van der Waals surface area contributed by atoms with Gasteiger partial charge in [0.25, 0.3) is 5.91 Å². The average molecular weight is 257 g/mol. The number of benzene rings is 1. The van der Waals surface area contributed by atoms with Crippen LogP contribution >= 0.6 is 0 Å². The van der Waals surface area contributed by atoms with Crippen LogP contribution < -0.4 is 5.32 Å². The molecule has 0 unspecified atom stereocenters. The van der Waals surface area contributed by atoms with E-state index in [2.05, 4.69) is 5.32 Å². The van der Waals surface area contributed by atoms with E-state index in [-0.39, 0.29) is 11.4 Å². The molecule has 1 amide bonds. The Hall–Kier alpha value is -2.03. The van der Waals surface area contributed by atoms with Crippen LogP contribution in [0.5, 0.6) is 0 Å². The number of furan rings is 1. The van der Waals surface area contributed by atoms with Gasteiger partial charge in [-0.2, -0.15) is 0 Å². The lowest BCUT2D eigenvalue weighted by Crippen LogP contribution is -2.40. The lowest BCUT2D eigenvalue weighted by molar-refractivity contribution is 0.0919. The van der Waals surface area contributed by atoms with Crippen LogP contribution in [0.2, 0.25) is 0 Å². The Morgan fingerprint density at radius 2 is 1.89 bits per heavy atom. The molecule has 1 N–H and O–H groups in total. The van der Waals surface area contributed by atoms with Crippen molar-refractivity contribution < 1.29 is 9.21 Å². The summed E-state index contributed by atoms with van der Waals surface area (Å²) in [4.78, 5) is 12.3. The molecule has 19 heavy (non-hydrogen) atoms. The van der Waals surface area contributed by atoms with E-state index in [4.69, 9.17) is 4.42 Å². The third-order valence-electron chi connectivity index (χ3n) is 2.85. The van der Waals surface area contributed by atoms with Crippen LogP contribution in [0.1, 0.15) is 36.7 Å². The van der Waals surface area contributed by atoms with Gasteiger partial charge < -0.3 is 9.73 Å². The summed E-state index contributed by atoms with van der Waals surface area (Å²) in [5.74, 6) is 0.723. The molecule has 3 heteroatoms. The van der Waals surface area contributed by atoms with Gasteiger partial charge in [-0.25, -0.2) is 0 Å². The van der Waals surface area contributed by atoms with Gasteiger partial charge in [0, 0.05) is 16.7 Å². The summed E-state index contributed by atoms with van der Waals surface area (Å²) in [6.45, 7) is 7.85. The van der Waals surface area contributed by atoms with Gasteiger partial charge in [-0.05, 0) is 51.5 Å². The molecule has 0 aliphatic rings. The number of carbonyl (C=O) groups excluding carboxylic acids is 1. The van der Waals surface area contributed by atoms with Crippen LogP contribution in [0.3, 0.4) is 0 Å². The zero-order valence-electron chi connectivity index (χ0n) is 11.8. The molecule has 3 nitrogen and oxygen atoms in total. The van der Waals surface area contributed by atoms with Crippen molar-refractivity contribution in [2.24, 2.45) is 0 Å². The van der Waals surface area contributed by atoms with Crippen LogP contribution in [-0.4, -0.2) is 11.4 Å². The molecule has 1 aromatic carbocycles.